The number of amides is 1. The summed E-state index contributed by atoms with van der Waals surface area (Å²) < 4.78 is 9.04. The number of hydrogen-bond donors (Lipinski definition) is 1. The summed E-state index contributed by atoms with van der Waals surface area (Å²) in [5, 5.41) is 3.24. The molecule has 2 aromatic rings. The summed E-state index contributed by atoms with van der Waals surface area (Å²) in [6.45, 7) is 0. The molecule has 1 amide bonds. The zero-order valence-corrected chi connectivity index (χ0v) is 9.16. The topological polar surface area (TPSA) is 68.0 Å². The summed E-state index contributed by atoms with van der Waals surface area (Å²) in [4.78, 5) is 15.9. The number of carbonyl (C=O) groups is 1. The summed E-state index contributed by atoms with van der Waals surface area (Å²) >= 11 is 1.22. The van der Waals surface area contributed by atoms with E-state index in [1.54, 1.807) is 6.07 Å². The van der Waals surface area contributed by atoms with Gasteiger partial charge in [0.05, 0.1) is 11.8 Å². The van der Waals surface area contributed by atoms with Crippen LogP contribution in [0.25, 0.3) is 0 Å². The molecule has 1 N–H and O–H groups in total. The smallest absolute Gasteiger partial charge is 0.260 e. The highest BCUT2D eigenvalue weighted by atomic mass is 32.1. The fraction of sp³-hybridized carbons (Fsp3) is 0.300. The van der Waals surface area contributed by atoms with E-state index >= 15 is 0 Å². The van der Waals surface area contributed by atoms with Crippen LogP contribution in [0, 0.1) is 0 Å². The van der Waals surface area contributed by atoms with Crippen molar-refractivity contribution in [1.82, 2.24) is 9.36 Å². The highest BCUT2D eigenvalue weighted by Gasteiger charge is 2.28. The maximum absolute atomic E-state index is 11.6. The minimum atomic E-state index is -0.216. The highest BCUT2D eigenvalue weighted by molar-refractivity contribution is 7.09. The Labute approximate surface area is 95.7 Å². The molecule has 1 fully saturated rings. The van der Waals surface area contributed by atoms with Crippen molar-refractivity contribution >= 4 is 22.6 Å². The fourth-order valence-corrected chi connectivity index (χ4v) is 2.00. The number of furan rings is 1. The lowest BCUT2D eigenvalue weighted by Crippen LogP contribution is -2.10. The largest absolute Gasteiger partial charge is 0.472 e. The first-order chi connectivity index (χ1) is 7.83. The number of carbonyl (C=O) groups excluding carboxylic acids is 1. The predicted molar refractivity (Wildman–Crippen MR) is 58.5 cm³/mol. The lowest BCUT2D eigenvalue weighted by molar-refractivity contribution is 0.102. The Morgan fingerprint density at radius 3 is 3.12 bits per heavy atom. The van der Waals surface area contributed by atoms with Crippen LogP contribution in [0.5, 0.6) is 0 Å². The van der Waals surface area contributed by atoms with Crippen LogP contribution in [0.4, 0.5) is 5.13 Å². The van der Waals surface area contributed by atoms with E-state index in [4.69, 9.17) is 4.42 Å². The molecule has 0 saturated heterocycles. The van der Waals surface area contributed by atoms with Crippen molar-refractivity contribution in [2.45, 2.75) is 18.8 Å². The fourth-order valence-electron chi connectivity index (χ4n) is 1.36. The van der Waals surface area contributed by atoms with Crippen molar-refractivity contribution in [3.63, 3.8) is 0 Å². The third-order valence-electron chi connectivity index (χ3n) is 2.39. The van der Waals surface area contributed by atoms with Crippen molar-refractivity contribution < 1.29 is 9.21 Å². The van der Waals surface area contributed by atoms with Gasteiger partial charge in [-0.05, 0) is 18.9 Å². The number of aromatic nitrogens is 2. The van der Waals surface area contributed by atoms with Gasteiger partial charge in [0.1, 0.15) is 12.1 Å². The molecule has 0 atom stereocenters. The number of anilines is 1. The van der Waals surface area contributed by atoms with Gasteiger partial charge in [0.25, 0.3) is 5.91 Å². The average Bonchev–Trinajstić information content (AvgIpc) is 2.82. The Balaban J connectivity index is 1.71. The van der Waals surface area contributed by atoms with Gasteiger partial charge in [-0.2, -0.15) is 4.37 Å². The molecule has 5 nitrogen and oxygen atoms in total. The minimum Gasteiger partial charge on any atom is -0.472 e. The normalized spacial score (nSPS) is 15.0. The predicted octanol–water partition coefficient (Wildman–Crippen LogP) is 2.26. The van der Waals surface area contributed by atoms with E-state index in [9.17, 15) is 4.79 Å². The van der Waals surface area contributed by atoms with Crippen LogP contribution < -0.4 is 5.32 Å². The minimum absolute atomic E-state index is 0.216. The molecule has 0 bridgehead atoms. The SMILES string of the molecule is O=C(Nc1nc(C2CC2)ns1)c1ccoc1. The average molecular weight is 235 g/mol. The summed E-state index contributed by atoms with van der Waals surface area (Å²) in [5.74, 6) is 1.15. The summed E-state index contributed by atoms with van der Waals surface area (Å²) in [7, 11) is 0. The standard InChI is InChI=1S/C10H9N3O2S/c14-9(7-3-4-15-5-7)12-10-11-8(13-16-10)6-1-2-6/h3-6H,1-2H2,(H,11,12,13,14). The van der Waals surface area contributed by atoms with Crippen LogP contribution in [0.2, 0.25) is 0 Å². The van der Waals surface area contributed by atoms with Gasteiger partial charge in [-0.3, -0.25) is 10.1 Å². The van der Waals surface area contributed by atoms with Crippen molar-refractivity contribution in [3.05, 3.63) is 30.0 Å². The second-order valence-electron chi connectivity index (χ2n) is 3.70. The van der Waals surface area contributed by atoms with Crippen molar-refractivity contribution in [2.75, 3.05) is 5.32 Å². The molecular formula is C10H9N3O2S. The maximum Gasteiger partial charge on any atom is 0.260 e. The summed E-state index contributed by atoms with van der Waals surface area (Å²) in [6, 6.07) is 1.61. The van der Waals surface area contributed by atoms with E-state index < -0.39 is 0 Å². The third-order valence-corrected chi connectivity index (χ3v) is 3.03. The molecule has 0 unspecified atom stereocenters. The van der Waals surface area contributed by atoms with Crippen molar-refractivity contribution in [3.8, 4) is 0 Å². The molecule has 2 aromatic heterocycles. The Morgan fingerprint density at radius 2 is 2.44 bits per heavy atom. The first-order valence-corrected chi connectivity index (χ1v) is 5.77. The van der Waals surface area contributed by atoms with Crippen molar-refractivity contribution in [1.29, 1.82) is 0 Å². The second-order valence-corrected chi connectivity index (χ2v) is 4.45. The van der Waals surface area contributed by atoms with Gasteiger partial charge < -0.3 is 4.42 Å². The highest BCUT2D eigenvalue weighted by Crippen LogP contribution is 2.39. The van der Waals surface area contributed by atoms with Crippen LogP contribution in [0.15, 0.2) is 23.0 Å². The monoisotopic (exact) mass is 235 g/mol. The molecule has 0 aliphatic heterocycles. The first-order valence-electron chi connectivity index (χ1n) is 5.00. The van der Waals surface area contributed by atoms with Crippen LogP contribution in [0.1, 0.15) is 34.9 Å². The zero-order valence-electron chi connectivity index (χ0n) is 8.34. The number of nitrogens with one attached hydrogen (secondary N) is 1. The van der Waals surface area contributed by atoms with Crippen LogP contribution in [0.3, 0.4) is 0 Å². The molecule has 0 radical (unpaired) electrons. The van der Waals surface area contributed by atoms with Crippen LogP contribution in [-0.2, 0) is 0 Å². The lowest BCUT2D eigenvalue weighted by atomic mass is 10.3. The van der Waals surface area contributed by atoms with E-state index in [2.05, 4.69) is 14.7 Å². The Morgan fingerprint density at radius 1 is 1.56 bits per heavy atom. The molecular weight excluding hydrogens is 226 g/mol. The molecule has 3 rings (SSSR count). The van der Waals surface area contributed by atoms with E-state index in [0.29, 0.717) is 16.6 Å². The van der Waals surface area contributed by atoms with Crippen molar-refractivity contribution in [2.24, 2.45) is 0 Å². The molecule has 82 valence electrons. The Kier molecular flexibility index (Phi) is 2.21. The zero-order chi connectivity index (χ0) is 11.0. The van der Waals surface area contributed by atoms with Gasteiger partial charge in [-0.25, -0.2) is 4.98 Å². The Bertz CT molecular complexity index is 502. The number of rotatable bonds is 3. The van der Waals surface area contributed by atoms with E-state index in [1.807, 2.05) is 0 Å². The van der Waals surface area contributed by atoms with Gasteiger partial charge in [-0.15, -0.1) is 0 Å². The molecule has 0 spiro atoms. The molecule has 1 aliphatic carbocycles. The molecule has 0 aromatic carbocycles. The molecule has 2 heterocycles. The van der Waals surface area contributed by atoms with Gasteiger partial charge >= 0.3 is 0 Å². The number of hydrogen-bond acceptors (Lipinski definition) is 5. The molecule has 6 heteroatoms. The molecule has 1 aliphatic rings. The molecule has 1 saturated carbocycles. The van der Waals surface area contributed by atoms with Gasteiger partial charge in [-0.1, -0.05) is 0 Å². The number of nitrogens with zero attached hydrogens (tertiary/aromatic N) is 2. The van der Waals surface area contributed by atoms with Crippen LogP contribution >= 0.6 is 11.5 Å². The summed E-state index contributed by atoms with van der Waals surface area (Å²) in [6.07, 6.45) is 5.18. The van der Waals surface area contributed by atoms with E-state index in [1.165, 1.54) is 24.1 Å². The van der Waals surface area contributed by atoms with Gasteiger partial charge in [0.2, 0.25) is 5.13 Å². The second kappa shape index (κ2) is 3.71. The van der Waals surface area contributed by atoms with Gasteiger partial charge in [0, 0.05) is 17.5 Å². The van der Waals surface area contributed by atoms with Gasteiger partial charge in [0.15, 0.2) is 0 Å². The van der Waals surface area contributed by atoms with Crippen LogP contribution in [-0.4, -0.2) is 15.3 Å². The first kappa shape index (κ1) is 9.53. The van der Waals surface area contributed by atoms with E-state index in [-0.39, 0.29) is 5.91 Å². The van der Waals surface area contributed by atoms with E-state index in [0.717, 1.165) is 18.7 Å². The Hall–Kier alpha value is -1.69. The quantitative estimate of drug-likeness (QED) is 0.886. The lowest BCUT2D eigenvalue weighted by Gasteiger charge is -1.95. The molecule has 16 heavy (non-hydrogen) atoms. The maximum atomic E-state index is 11.6. The third kappa shape index (κ3) is 1.83. The summed E-state index contributed by atoms with van der Waals surface area (Å²) in [5.41, 5.74) is 0.489.